The highest BCUT2D eigenvalue weighted by Gasteiger charge is 1.85. The number of aryl methyl sites for hydroxylation is 1. The summed E-state index contributed by atoms with van der Waals surface area (Å²) in [6, 6.07) is 0. The molecule has 3 heteroatoms. The van der Waals surface area contributed by atoms with Crippen LogP contribution < -0.4 is 0 Å². The summed E-state index contributed by atoms with van der Waals surface area (Å²) in [6.07, 6.45) is 8.48. The summed E-state index contributed by atoms with van der Waals surface area (Å²) < 4.78 is 0. The quantitative estimate of drug-likeness (QED) is 0.625. The predicted molar refractivity (Wildman–Crippen MR) is 50.2 cm³/mol. The molecule has 0 unspecified atom stereocenters. The number of hydrogen-bond donors (Lipinski definition) is 1. The predicted octanol–water partition coefficient (Wildman–Crippen LogP) is 2.08. The third-order valence-corrected chi connectivity index (χ3v) is 1.45. The van der Waals surface area contributed by atoms with Gasteiger partial charge in [0.1, 0.15) is 0 Å². The molecule has 2 rings (SSSR count). The number of hydrogen-bond acceptors (Lipinski definition) is 2. The first-order chi connectivity index (χ1) is 5.79. The Hall–Kier alpha value is -1.38. The van der Waals surface area contributed by atoms with Crippen molar-refractivity contribution in [1.82, 2.24) is 9.97 Å². The average molecular weight is 163 g/mol. The standard InChI is InChI=1S/C5H7N.C4H6N2/c1-5-3-2-4-6-5;1-4-2-5-3-6-4/h3-4H,2H2,1H3;2-3H,1H3,(H,5,6). The first-order valence-electron chi connectivity index (χ1n) is 3.93. The Morgan fingerprint density at radius 2 is 2.25 bits per heavy atom. The van der Waals surface area contributed by atoms with E-state index >= 15 is 0 Å². The lowest BCUT2D eigenvalue weighted by atomic mass is 10.4. The SMILES string of the molecule is CC1=CCC=N1.Cc1cnc[nH]1. The van der Waals surface area contributed by atoms with Gasteiger partial charge in [-0.3, -0.25) is 4.99 Å². The van der Waals surface area contributed by atoms with Crippen molar-refractivity contribution in [3.05, 3.63) is 30.0 Å². The van der Waals surface area contributed by atoms with Crippen LogP contribution in [-0.2, 0) is 0 Å². The summed E-state index contributed by atoms with van der Waals surface area (Å²) in [4.78, 5) is 10.6. The Morgan fingerprint density at radius 3 is 2.42 bits per heavy atom. The molecule has 0 saturated carbocycles. The summed E-state index contributed by atoms with van der Waals surface area (Å²) in [5.41, 5.74) is 2.25. The monoisotopic (exact) mass is 163 g/mol. The van der Waals surface area contributed by atoms with E-state index < -0.39 is 0 Å². The molecule has 0 spiro atoms. The van der Waals surface area contributed by atoms with E-state index in [2.05, 4.69) is 21.0 Å². The van der Waals surface area contributed by atoms with Crippen molar-refractivity contribution in [3.63, 3.8) is 0 Å². The van der Waals surface area contributed by atoms with Crippen molar-refractivity contribution in [3.8, 4) is 0 Å². The van der Waals surface area contributed by atoms with Crippen LogP contribution in [0.1, 0.15) is 19.0 Å². The molecule has 0 amide bonds. The van der Waals surface area contributed by atoms with E-state index in [9.17, 15) is 0 Å². The topological polar surface area (TPSA) is 41.0 Å². The average Bonchev–Trinajstić information content (AvgIpc) is 2.63. The van der Waals surface area contributed by atoms with Gasteiger partial charge in [-0.15, -0.1) is 0 Å². The number of H-pyrrole nitrogens is 1. The third kappa shape index (κ3) is 3.14. The van der Waals surface area contributed by atoms with E-state index in [0.717, 1.165) is 17.8 Å². The zero-order chi connectivity index (χ0) is 8.81. The van der Waals surface area contributed by atoms with Crippen LogP contribution >= 0.6 is 0 Å². The summed E-state index contributed by atoms with van der Waals surface area (Å²) in [5, 5.41) is 0. The van der Waals surface area contributed by atoms with Crippen LogP contribution in [0.25, 0.3) is 0 Å². The molecule has 0 bridgehead atoms. The molecule has 0 saturated heterocycles. The number of aromatic amines is 1. The summed E-state index contributed by atoms with van der Waals surface area (Å²) >= 11 is 0. The maximum absolute atomic E-state index is 3.97. The molecule has 0 atom stereocenters. The second-order valence-corrected chi connectivity index (χ2v) is 2.63. The molecular weight excluding hydrogens is 150 g/mol. The molecule has 1 aliphatic rings. The molecular formula is C9H13N3. The van der Waals surface area contributed by atoms with Crippen molar-refractivity contribution < 1.29 is 0 Å². The molecule has 0 fully saturated rings. The number of nitrogens with one attached hydrogen (secondary N) is 1. The Kier molecular flexibility index (Phi) is 3.26. The minimum absolute atomic E-state index is 1.03. The van der Waals surface area contributed by atoms with E-state index in [1.165, 1.54) is 0 Å². The van der Waals surface area contributed by atoms with Gasteiger partial charge in [0.25, 0.3) is 0 Å². The van der Waals surface area contributed by atoms with E-state index in [-0.39, 0.29) is 0 Å². The van der Waals surface area contributed by atoms with Crippen molar-refractivity contribution in [2.24, 2.45) is 4.99 Å². The Bertz CT molecular complexity index is 267. The number of rotatable bonds is 0. The lowest BCUT2D eigenvalue weighted by Crippen LogP contribution is -1.59. The number of nitrogens with zero attached hydrogens (tertiary/aromatic N) is 2. The Balaban J connectivity index is 0.000000120. The molecule has 2 heterocycles. The molecule has 1 aliphatic heterocycles. The Labute approximate surface area is 72.3 Å². The second-order valence-electron chi connectivity index (χ2n) is 2.63. The maximum atomic E-state index is 3.97. The van der Waals surface area contributed by atoms with Gasteiger partial charge in [-0.2, -0.15) is 0 Å². The van der Waals surface area contributed by atoms with Crippen LogP contribution in [0.5, 0.6) is 0 Å². The van der Waals surface area contributed by atoms with Crippen LogP contribution in [0, 0.1) is 6.92 Å². The lowest BCUT2D eigenvalue weighted by Gasteiger charge is -1.72. The van der Waals surface area contributed by atoms with Crippen LogP contribution in [-0.4, -0.2) is 16.2 Å². The molecule has 0 aliphatic carbocycles. The van der Waals surface area contributed by atoms with Crippen molar-refractivity contribution in [2.45, 2.75) is 20.3 Å². The minimum atomic E-state index is 1.03. The summed E-state index contributed by atoms with van der Waals surface area (Å²) in [7, 11) is 0. The van der Waals surface area contributed by atoms with E-state index in [4.69, 9.17) is 0 Å². The van der Waals surface area contributed by atoms with E-state index in [1.807, 2.05) is 20.1 Å². The van der Waals surface area contributed by atoms with Gasteiger partial charge in [-0.05, 0) is 13.8 Å². The molecule has 0 radical (unpaired) electrons. The van der Waals surface area contributed by atoms with Gasteiger partial charge in [0, 0.05) is 30.2 Å². The lowest BCUT2D eigenvalue weighted by molar-refractivity contribution is 1.25. The largest absolute Gasteiger partial charge is 0.349 e. The van der Waals surface area contributed by atoms with Gasteiger partial charge >= 0.3 is 0 Å². The maximum Gasteiger partial charge on any atom is 0.0921 e. The Morgan fingerprint density at radius 1 is 1.42 bits per heavy atom. The van der Waals surface area contributed by atoms with Gasteiger partial charge in [-0.1, -0.05) is 6.08 Å². The fourth-order valence-electron chi connectivity index (χ4n) is 0.798. The smallest absolute Gasteiger partial charge is 0.0921 e. The number of aliphatic imine (C=N–C) groups is 1. The normalized spacial score (nSPS) is 13.7. The first kappa shape index (κ1) is 8.71. The zero-order valence-corrected chi connectivity index (χ0v) is 7.41. The molecule has 3 nitrogen and oxygen atoms in total. The molecule has 0 aromatic carbocycles. The third-order valence-electron chi connectivity index (χ3n) is 1.45. The van der Waals surface area contributed by atoms with Gasteiger partial charge in [0.05, 0.1) is 6.33 Å². The fourth-order valence-corrected chi connectivity index (χ4v) is 0.798. The van der Waals surface area contributed by atoms with Crippen molar-refractivity contribution in [1.29, 1.82) is 0 Å². The van der Waals surface area contributed by atoms with Crippen molar-refractivity contribution in [2.75, 3.05) is 0 Å². The number of aromatic nitrogens is 2. The van der Waals surface area contributed by atoms with E-state index in [0.29, 0.717) is 0 Å². The summed E-state index contributed by atoms with van der Waals surface area (Å²) in [6.45, 7) is 3.97. The molecule has 12 heavy (non-hydrogen) atoms. The van der Waals surface area contributed by atoms with Gasteiger partial charge in [-0.25, -0.2) is 4.98 Å². The van der Waals surface area contributed by atoms with Gasteiger partial charge in [0.15, 0.2) is 0 Å². The molecule has 1 N–H and O–H groups in total. The van der Waals surface area contributed by atoms with Crippen LogP contribution in [0.3, 0.4) is 0 Å². The first-order valence-corrected chi connectivity index (χ1v) is 3.93. The second kappa shape index (κ2) is 4.49. The van der Waals surface area contributed by atoms with E-state index in [1.54, 1.807) is 12.5 Å². The van der Waals surface area contributed by atoms with Crippen LogP contribution in [0.2, 0.25) is 0 Å². The highest BCUT2D eigenvalue weighted by molar-refractivity contribution is 5.64. The fraction of sp³-hybridized carbons (Fsp3) is 0.333. The zero-order valence-electron chi connectivity index (χ0n) is 7.41. The van der Waals surface area contributed by atoms with Gasteiger partial charge < -0.3 is 4.98 Å². The van der Waals surface area contributed by atoms with Gasteiger partial charge in [0.2, 0.25) is 0 Å². The van der Waals surface area contributed by atoms with Crippen molar-refractivity contribution >= 4 is 6.21 Å². The minimum Gasteiger partial charge on any atom is -0.349 e. The highest BCUT2D eigenvalue weighted by Crippen LogP contribution is 2.00. The van der Waals surface area contributed by atoms with Crippen LogP contribution in [0.4, 0.5) is 0 Å². The number of imidazole rings is 1. The van der Waals surface area contributed by atoms with Crippen LogP contribution in [0.15, 0.2) is 29.3 Å². The summed E-state index contributed by atoms with van der Waals surface area (Å²) in [5.74, 6) is 0. The molecule has 1 aromatic heterocycles. The molecule has 1 aromatic rings. The number of allylic oxidation sites excluding steroid dienone is 2. The molecule has 64 valence electrons. The highest BCUT2D eigenvalue weighted by atomic mass is 14.8.